The number of benzene rings is 2. The smallest absolute Gasteiger partial charge is 0.227 e. The Hall–Kier alpha value is -2.38. The number of hydrogen-bond acceptors (Lipinski definition) is 5. The maximum Gasteiger partial charge on any atom is 0.227 e. The lowest BCUT2D eigenvalue weighted by molar-refractivity contribution is -0.116. The predicted octanol–water partition coefficient (Wildman–Crippen LogP) is 5.66. The van der Waals surface area contributed by atoms with Crippen LogP contribution in [0.5, 0.6) is 0 Å². The molecule has 2 aliphatic rings. The van der Waals surface area contributed by atoms with Crippen molar-refractivity contribution in [1.82, 2.24) is 14.8 Å². The maximum absolute atomic E-state index is 12.9. The third-order valence-corrected chi connectivity index (χ3v) is 6.92. The zero-order chi connectivity index (χ0) is 20.7. The topological polar surface area (TPSA) is 59.8 Å². The molecule has 0 unspecified atom stereocenters. The van der Waals surface area contributed by atoms with Gasteiger partial charge in [0.2, 0.25) is 11.1 Å². The van der Waals surface area contributed by atoms with Crippen molar-refractivity contribution in [1.29, 1.82) is 0 Å². The van der Waals surface area contributed by atoms with Gasteiger partial charge in [-0.05, 0) is 43.0 Å². The van der Waals surface area contributed by atoms with E-state index in [-0.39, 0.29) is 11.8 Å². The Morgan fingerprint density at radius 1 is 1.20 bits per heavy atom. The highest BCUT2D eigenvalue weighted by Crippen LogP contribution is 2.40. The van der Waals surface area contributed by atoms with Crippen LogP contribution in [0.2, 0.25) is 0 Å². The second-order valence-corrected chi connectivity index (χ2v) is 9.55. The van der Waals surface area contributed by atoms with Crippen molar-refractivity contribution in [3.63, 3.8) is 0 Å². The summed E-state index contributed by atoms with van der Waals surface area (Å²) in [6.07, 6.45) is 2.33. The van der Waals surface area contributed by atoms with E-state index in [1.807, 2.05) is 16.8 Å². The Morgan fingerprint density at radius 3 is 2.83 bits per heavy atom. The molecule has 1 aromatic heterocycles. The Labute approximate surface area is 188 Å². The first kappa shape index (κ1) is 19.6. The standard InChI is InChI=1S/C23H21BrN4OS/c1-14-4-2-5-15(12-14)13-30-23-26-22-25-18-6-3-7-19(29)20(18)21(28(22)27-23)16-8-10-17(24)11-9-16/h2,4-5,8-12,21H,3,6-7,13H2,1H3,(H,25,26,27)/t21-/m0/s1. The second-order valence-electron chi connectivity index (χ2n) is 7.69. The Morgan fingerprint density at radius 2 is 2.03 bits per heavy atom. The van der Waals surface area contributed by atoms with Crippen LogP contribution in [-0.2, 0) is 10.5 Å². The van der Waals surface area contributed by atoms with Crippen LogP contribution in [0.3, 0.4) is 0 Å². The van der Waals surface area contributed by atoms with E-state index in [2.05, 4.69) is 64.6 Å². The Balaban J connectivity index is 1.50. The van der Waals surface area contributed by atoms with Crippen LogP contribution < -0.4 is 5.32 Å². The van der Waals surface area contributed by atoms with Gasteiger partial charge in [0.05, 0.1) is 0 Å². The van der Waals surface area contributed by atoms with Gasteiger partial charge in [0.1, 0.15) is 6.04 Å². The molecular formula is C23H21BrN4OS. The highest BCUT2D eigenvalue weighted by atomic mass is 79.9. The first-order valence-corrected chi connectivity index (χ1v) is 11.8. The highest BCUT2D eigenvalue weighted by molar-refractivity contribution is 9.10. The molecule has 1 N–H and O–H groups in total. The van der Waals surface area contributed by atoms with E-state index in [0.29, 0.717) is 17.5 Å². The molecule has 0 amide bonds. The summed E-state index contributed by atoms with van der Waals surface area (Å²) in [6, 6.07) is 16.4. The van der Waals surface area contributed by atoms with Crippen LogP contribution in [0.15, 0.2) is 69.4 Å². The number of carbonyl (C=O) groups is 1. The molecule has 5 rings (SSSR count). The SMILES string of the molecule is Cc1cccc(CSc2nc3n(n2)[C@@H](c2ccc(Br)cc2)C2=C(CCCC2=O)N3)c1. The number of carbonyl (C=O) groups excluding carboxylic acids is 1. The number of rotatable bonds is 4. The summed E-state index contributed by atoms with van der Waals surface area (Å²) < 4.78 is 2.89. The lowest BCUT2D eigenvalue weighted by Crippen LogP contribution is -2.31. The van der Waals surface area contributed by atoms with Gasteiger partial charge in [-0.3, -0.25) is 4.79 Å². The van der Waals surface area contributed by atoms with Crippen LogP contribution in [0.25, 0.3) is 0 Å². The van der Waals surface area contributed by atoms with E-state index in [1.54, 1.807) is 11.8 Å². The van der Waals surface area contributed by atoms with E-state index in [9.17, 15) is 4.79 Å². The average Bonchev–Trinajstić information content (AvgIpc) is 3.14. The zero-order valence-electron chi connectivity index (χ0n) is 16.6. The number of hydrogen-bond donors (Lipinski definition) is 1. The summed E-state index contributed by atoms with van der Waals surface area (Å²) in [5.41, 5.74) is 5.37. The number of allylic oxidation sites excluding steroid dienone is 2. The van der Waals surface area contributed by atoms with Crippen molar-refractivity contribution < 1.29 is 4.79 Å². The first-order valence-electron chi connectivity index (χ1n) is 10.0. The minimum absolute atomic E-state index is 0.201. The molecule has 2 heterocycles. The summed E-state index contributed by atoms with van der Waals surface area (Å²) in [5, 5.41) is 8.91. The molecule has 30 heavy (non-hydrogen) atoms. The lowest BCUT2D eigenvalue weighted by atomic mass is 9.85. The van der Waals surface area contributed by atoms with Crippen molar-refractivity contribution in [2.45, 2.75) is 43.1 Å². The van der Waals surface area contributed by atoms with Crippen LogP contribution >= 0.6 is 27.7 Å². The number of nitrogens with one attached hydrogen (secondary N) is 1. The van der Waals surface area contributed by atoms with Gasteiger partial charge in [0.25, 0.3) is 0 Å². The Bertz CT molecular complexity index is 1150. The average molecular weight is 481 g/mol. The highest BCUT2D eigenvalue weighted by Gasteiger charge is 2.36. The predicted molar refractivity (Wildman–Crippen MR) is 123 cm³/mol. The minimum atomic E-state index is -0.238. The van der Waals surface area contributed by atoms with Crippen LogP contribution in [0, 0.1) is 6.92 Å². The van der Waals surface area contributed by atoms with Gasteiger partial charge in [0, 0.05) is 27.9 Å². The van der Waals surface area contributed by atoms with Gasteiger partial charge in [-0.1, -0.05) is 69.7 Å². The number of halogens is 1. The van der Waals surface area contributed by atoms with E-state index in [1.165, 1.54) is 11.1 Å². The van der Waals surface area contributed by atoms with Crippen molar-refractivity contribution >= 4 is 39.4 Å². The van der Waals surface area contributed by atoms with Gasteiger partial charge >= 0.3 is 0 Å². The molecule has 152 valence electrons. The summed E-state index contributed by atoms with van der Waals surface area (Å²) in [7, 11) is 0. The maximum atomic E-state index is 12.9. The summed E-state index contributed by atoms with van der Waals surface area (Å²) >= 11 is 5.12. The van der Waals surface area contributed by atoms with Crippen molar-refractivity contribution in [2.24, 2.45) is 0 Å². The molecule has 0 spiro atoms. The monoisotopic (exact) mass is 480 g/mol. The fourth-order valence-corrected chi connectivity index (χ4v) is 5.14. The Kier molecular flexibility index (Phi) is 5.25. The zero-order valence-corrected chi connectivity index (χ0v) is 19.0. The molecule has 0 radical (unpaired) electrons. The van der Waals surface area contributed by atoms with E-state index in [0.717, 1.165) is 39.9 Å². The molecule has 2 aromatic carbocycles. The third-order valence-electron chi connectivity index (χ3n) is 5.48. The van der Waals surface area contributed by atoms with Crippen molar-refractivity contribution in [3.8, 4) is 0 Å². The molecule has 1 atom stereocenters. The van der Waals surface area contributed by atoms with E-state index < -0.39 is 0 Å². The fraction of sp³-hybridized carbons (Fsp3) is 0.261. The van der Waals surface area contributed by atoms with Crippen LogP contribution in [-0.4, -0.2) is 20.5 Å². The molecule has 1 aliphatic carbocycles. The molecule has 5 nitrogen and oxygen atoms in total. The van der Waals surface area contributed by atoms with Gasteiger partial charge in [-0.25, -0.2) is 4.68 Å². The molecule has 0 saturated carbocycles. The summed E-state index contributed by atoms with van der Waals surface area (Å²) in [4.78, 5) is 17.6. The molecule has 3 aromatic rings. The number of Topliss-reactive ketones (excluding diaryl/α,β-unsaturated/α-hetero) is 1. The number of thioether (sulfide) groups is 1. The van der Waals surface area contributed by atoms with Gasteiger partial charge in [-0.2, -0.15) is 4.98 Å². The molecule has 0 bridgehead atoms. The van der Waals surface area contributed by atoms with E-state index >= 15 is 0 Å². The largest absolute Gasteiger partial charge is 0.328 e. The molecule has 0 saturated heterocycles. The number of aromatic nitrogens is 3. The first-order chi connectivity index (χ1) is 14.6. The molecular weight excluding hydrogens is 460 g/mol. The van der Waals surface area contributed by atoms with Crippen molar-refractivity contribution in [3.05, 3.63) is 81.0 Å². The molecule has 1 aliphatic heterocycles. The van der Waals surface area contributed by atoms with Gasteiger partial charge < -0.3 is 5.32 Å². The summed E-state index contributed by atoms with van der Waals surface area (Å²) in [5.74, 6) is 1.72. The van der Waals surface area contributed by atoms with Gasteiger partial charge in [0.15, 0.2) is 5.78 Å². The molecule has 7 heteroatoms. The number of aryl methyl sites for hydroxylation is 1. The van der Waals surface area contributed by atoms with Crippen molar-refractivity contribution in [2.75, 3.05) is 5.32 Å². The molecule has 0 fully saturated rings. The minimum Gasteiger partial charge on any atom is -0.328 e. The van der Waals surface area contributed by atoms with Gasteiger partial charge in [-0.15, -0.1) is 5.10 Å². The quantitative estimate of drug-likeness (QED) is 0.487. The summed E-state index contributed by atoms with van der Waals surface area (Å²) in [6.45, 7) is 2.10. The normalized spacial score (nSPS) is 18.1. The number of anilines is 1. The number of fused-ring (bicyclic) bond motifs is 1. The van der Waals surface area contributed by atoms with E-state index in [4.69, 9.17) is 10.1 Å². The number of ketones is 1. The van der Waals surface area contributed by atoms with Crippen LogP contribution in [0.4, 0.5) is 5.95 Å². The number of nitrogens with zero attached hydrogens (tertiary/aromatic N) is 3. The third kappa shape index (κ3) is 3.72. The second kappa shape index (κ2) is 8.04. The fourth-order valence-electron chi connectivity index (χ4n) is 4.10. The van der Waals surface area contributed by atoms with Crippen LogP contribution in [0.1, 0.15) is 42.0 Å². The lowest BCUT2D eigenvalue weighted by Gasteiger charge is -2.32.